The molecule has 0 fully saturated rings. The van der Waals surface area contributed by atoms with Crippen molar-refractivity contribution in [3.63, 3.8) is 0 Å². The minimum Gasteiger partial charge on any atom is -0.466 e. The Hall–Kier alpha value is -4.01. The molecule has 0 saturated heterocycles. The molecule has 1 aromatic carbocycles. The number of amides is 1. The standard InChI is InChI=1S/C29H35N5O4/c1-5-37-26(35)15-19-34(28(36)38-29(2,3)4)25-20-24(31-27(32-25)23-12-8-9-16-30-23)33-17-13-21-10-6-7-11-22(21)14-18-33/h6-12,16,20H,5,13-15,17-19H2,1-4H3. The molecule has 9 heteroatoms. The fourth-order valence-electron chi connectivity index (χ4n) is 4.28. The van der Waals surface area contributed by atoms with Crippen LogP contribution in [0.2, 0.25) is 0 Å². The number of hydrogen-bond acceptors (Lipinski definition) is 8. The van der Waals surface area contributed by atoms with Gasteiger partial charge in [0.1, 0.15) is 22.9 Å². The molecule has 4 rings (SSSR count). The number of nitrogens with zero attached hydrogens (tertiary/aromatic N) is 5. The Labute approximate surface area is 223 Å². The summed E-state index contributed by atoms with van der Waals surface area (Å²) in [5, 5.41) is 0. The summed E-state index contributed by atoms with van der Waals surface area (Å²) in [5.41, 5.74) is 2.52. The van der Waals surface area contributed by atoms with Gasteiger partial charge in [0.15, 0.2) is 5.82 Å². The van der Waals surface area contributed by atoms with E-state index in [1.54, 1.807) is 40.0 Å². The Bertz CT molecular complexity index is 1230. The largest absolute Gasteiger partial charge is 0.466 e. The van der Waals surface area contributed by atoms with Gasteiger partial charge in [-0.2, -0.15) is 0 Å². The van der Waals surface area contributed by atoms with Crippen molar-refractivity contribution in [2.75, 3.05) is 36.0 Å². The molecule has 0 N–H and O–H groups in total. The van der Waals surface area contributed by atoms with E-state index in [4.69, 9.17) is 19.4 Å². The summed E-state index contributed by atoms with van der Waals surface area (Å²) in [5.74, 6) is 1.03. The zero-order chi connectivity index (χ0) is 27.1. The van der Waals surface area contributed by atoms with E-state index >= 15 is 0 Å². The monoisotopic (exact) mass is 517 g/mol. The van der Waals surface area contributed by atoms with E-state index < -0.39 is 17.7 Å². The Kier molecular flexibility index (Phi) is 8.55. The first-order valence-electron chi connectivity index (χ1n) is 13.0. The average Bonchev–Trinajstić information content (AvgIpc) is 3.11. The summed E-state index contributed by atoms with van der Waals surface area (Å²) in [7, 11) is 0. The van der Waals surface area contributed by atoms with E-state index in [9.17, 15) is 9.59 Å². The van der Waals surface area contributed by atoms with Crippen molar-refractivity contribution in [3.8, 4) is 11.5 Å². The number of fused-ring (bicyclic) bond motifs is 1. The fourth-order valence-corrected chi connectivity index (χ4v) is 4.28. The molecule has 0 atom stereocenters. The Morgan fingerprint density at radius 3 is 2.29 bits per heavy atom. The maximum absolute atomic E-state index is 13.3. The second-order valence-electron chi connectivity index (χ2n) is 10.1. The smallest absolute Gasteiger partial charge is 0.416 e. The number of carbonyl (C=O) groups is 2. The van der Waals surface area contributed by atoms with Gasteiger partial charge < -0.3 is 14.4 Å². The predicted octanol–water partition coefficient (Wildman–Crippen LogP) is 4.84. The molecule has 0 unspecified atom stereocenters. The van der Waals surface area contributed by atoms with Crippen molar-refractivity contribution in [2.24, 2.45) is 0 Å². The zero-order valence-electron chi connectivity index (χ0n) is 22.5. The van der Waals surface area contributed by atoms with Crippen molar-refractivity contribution in [2.45, 2.75) is 52.6 Å². The zero-order valence-corrected chi connectivity index (χ0v) is 22.5. The minimum absolute atomic E-state index is 0.00433. The van der Waals surface area contributed by atoms with Crippen molar-refractivity contribution < 1.29 is 19.1 Å². The molecule has 38 heavy (non-hydrogen) atoms. The van der Waals surface area contributed by atoms with Gasteiger partial charge in [-0.25, -0.2) is 14.8 Å². The molecule has 1 aliphatic heterocycles. The number of anilines is 2. The van der Waals surface area contributed by atoms with Crippen LogP contribution in [-0.2, 0) is 27.1 Å². The summed E-state index contributed by atoms with van der Waals surface area (Å²) >= 11 is 0. The minimum atomic E-state index is -0.727. The number of esters is 1. The molecule has 0 aliphatic carbocycles. The molecule has 1 amide bonds. The molecule has 3 heterocycles. The van der Waals surface area contributed by atoms with Crippen LogP contribution in [0.15, 0.2) is 54.7 Å². The summed E-state index contributed by atoms with van der Waals surface area (Å²) < 4.78 is 10.8. The SMILES string of the molecule is CCOC(=O)CCN(C(=O)OC(C)(C)C)c1cc(N2CCc3ccccc3CC2)nc(-c2ccccn2)n1. The maximum Gasteiger partial charge on any atom is 0.416 e. The lowest BCUT2D eigenvalue weighted by molar-refractivity contribution is -0.142. The highest BCUT2D eigenvalue weighted by Crippen LogP contribution is 2.27. The first-order chi connectivity index (χ1) is 18.2. The average molecular weight is 518 g/mol. The lowest BCUT2D eigenvalue weighted by Gasteiger charge is -2.28. The number of rotatable bonds is 7. The van der Waals surface area contributed by atoms with Crippen LogP contribution in [0.25, 0.3) is 11.5 Å². The molecule has 1 aliphatic rings. The molecule has 2 aromatic heterocycles. The van der Waals surface area contributed by atoms with Crippen LogP contribution in [0.4, 0.5) is 16.4 Å². The van der Waals surface area contributed by atoms with E-state index in [0.717, 1.165) is 25.9 Å². The third kappa shape index (κ3) is 7.06. The molecule has 3 aromatic rings. The summed E-state index contributed by atoms with van der Waals surface area (Å²) in [4.78, 5) is 43.1. The summed E-state index contributed by atoms with van der Waals surface area (Å²) in [6.07, 6.45) is 2.85. The van der Waals surface area contributed by atoms with E-state index in [1.807, 2.05) is 18.2 Å². The van der Waals surface area contributed by atoms with Gasteiger partial charge >= 0.3 is 12.1 Å². The van der Waals surface area contributed by atoms with Crippen LogP contribution < -0.4 is 9.80 Å². The predicted molar refractivity (Wildman–Crippen MR) is 146 cm³/mol. The molecule has 0 spiro atoms. The van der Waals surface area contributed by atoms with Gasteiger partial charge in [0.05, 0.1) is 13.0 Å². The quantitative estimate of drug-likeness (QED) is 0.411. The van der Waals surface area contributed by atoms with Crippen LogP contribution in [0.1, 0.15) is 45.2 Å². The van der Waals surface area contributed by atoms with Crippen LogP contribution in [-0.4, -0.2) is 58.9 Å². The van der Waals surface area contributed by atoms with Gasteiger partial charge in [0.2, 0.25) is 0 Å². The van der Waals surface area contributed by atoms with Crippen molar-refractivity contribution in [1.29, 1.82) is 0 Å². The molecular weight excluding hydrogens is 482 g/mol. The maximum atomic E-state index is 13.3. The topological polar surface area (TPSA) is 97.8 Å². The van der Waals surface area contributed by atoms with Crippen molar-refractivity contribution in [1.82, 2.24) is 15.0 Å². The highest BCUT2D eigenvalue weighted by Gasteiger charge is 2.27. The third-order valence-electron chi connectivity index (χ3n) is 6.07. The lowest BCUT2D eigenvalue weighted by Crippen LogP contribution is -2.39. The lowest BCUT2D eigenvalue weighted by atomic mass is 10.0. The van der Waals surface area contributed by atoms with E-state index in [1.165, 1.54) is 16.0 Å². The van der Waals surface area contributed by atoms with Crippen LogP contribution in [0.5, 0.6) is 0 Å². The second kappa shape index (κ2) is 12.0. The highest BCUT2D eigenvalue weighted by molar-refractivity contribution is 5.88. The number of carbonyl (C=O) groups excluding carboxylic acids is 2. The van der Waals surface area contributed by atoms with Crippen LogP contribution in [0, 0.1) is 0 Å². The normalized spacial score (nSPS) is 13.3. The summed E-state index contributed by atoms with van der Waals surface area (Å²) in [6, 6.07) is 15.8. The highest BCUT2D eigenvalue weighted by atomic mass is 16.6. The second-order valence-corrected chi connectivity index (χ2v) is 10.1. The first-order valence-corrected chi connectivity index (χ1v) is 13.0. The van der Waals surface area contributed by atoms with Crippen molar-refractivity contribution >= 4 is 23.7 Å². The molecule has 0 radical (unpaired) electrons. The number of hydrogen-bond donors (Lipinski definition) is 0. The fraction of sp³-hybridized carbons (Fsp3) is 0.414. The molecule has 200 valence electrons. The Balaban J connectivity index is 1.73. The van der Waals surface area contributed by atoms with E-state index in [0.29, 0.717) is 23.2 Å². The molecule has 9 nitrogen and oxygen atoms in total. The Morgan fingerprint density at radius 1 is 1.00 bits per heavy atom. The van der Waals surface area contributed by atoms with Gasteiger partial charge in [-0.3, -0.25) is 14.7 Å². The Morgan fingerprint density at radius 2 is 1.68 bits per heavy atom. The number of pyridine rings is 1. The van der Waals surface area contributed by atoms with Gasteiger partial charge in [-0.05, 0) is 63.8 Å². The van der Waals surface area contributed by atoms with Crippen LogP contribution >= 0.6 is 0 Å². The number of ether oxygens (including phenoxy) is 2. The van der Waals surface area contributed by atoms with E-state index in [2.05, 4.69) is 34.1 Å². The summed E-state index contributed by atoms with van der Waals surface area (Å²) in [6.45, 7) is 9.01. The van der Waals surface area contributed by atoms with Gasteiger partial charge in [-0.15, -0.1) is 0 Å². The van der Waals surface area contributed by atoms with Crippen LogP contribution in [0.3, 0.4) is 0 Å². The molecule has 0 saturated carbocycles. The van der Waals surface area contributed by atoms with Gasteiger partial charge in [-0.1, -0.05) is 30.3 Å². The van der Waals surface area contributed by atoms with Crippen molar-refractivity contribution in [3.05, 3.63) is 65.9 Å². The number of aromatic nitrogens is 3. The van der Waals surface area contributed by atoms with Gasteiger partial charge in [0, 0.05) is 31.9 Å². The third-order valence-corrected chi connectivity index (χ3v) is 6.07. The number of benzene rings is 1. The molecular formula is C29H35N5O4. The van der Waals surface area contributed by atoms with E-state index in [-0.39, 0.29) is 19.6 Å². The molecule has 0 bridgehead atoms. The van der Waals surface area contributed by atoms with Gasteiger partial charge in [0.25, 0.3) is 0 Å². The first kappa shape index (κ1) is 27.0.